The number of piperazine rings is 1. The fourth-order valence-corrected chi connectivity index (χ4v) is 10.5. The number of halogens is 1. The first-order valence-electron chi connectivity index (χ1n) is 22.4. The SMILES string of the molecule is COc1cc(N2CCC(N3CCN(C(=O)CCCCCOc4ccc5c(c4)CN(C4CCC(=O)NC4=O)C5=O)CC3)CC2)ccc1Nc1ncc(Cl)c(Nc2ccccc2P(C)(C)=O)n1. The molecule has 3 saturated heterocycles. The largest absolute Gasteiger partial charge is 0.494 e. The smallest absolute Gasteiger partial charge is 0.255 e. The van der Waals surface area contributed by atoms with Crippen LogP contribution in [0.4, 0.5) is 28.8 Å². The lowest BCUT2D eigenvalue weighted by molar-refractivity contribution is -0.137. The summed E-state index contributed by atoms with van der Waals surface area (Å²) in [6.07, 6.45) is 7.15. The van der Waals surface area contributed by atoms with Crippen molar-refractivity contribution in [1.29, 1.82) is 0 Å². The lowest BCUT2D eigenvalue weighted by Crippen LogP contribution is -2.54. The third-order valence-electron chi connectivity index (χ3n) is 12.7. The van der Waals surface area contributed by atoms with E-state index in [1.807, 2.05) is 47.4 Å². The molecule has 3 N–H and O–H groups in total. The summed E-state index contributed by atoms with van der Waals surface area (Å²) >= 11 is 6.48. The van der Waals surface area contributed by atoms with Gasteiger partial charge in [-0.3, -0.25) is 29.4 Å². The van der Waals surface area contributed by atoms with Crippen molar-refractivity contribution in [3.8, 4) is 11.5 Å². The third-order valence-corrected chi connectivity index (χ3v) is 14.6. The van der Waals surface area contributed by atoms with Gasteiger partial charge in [0.05, 0.1) is 31.3 Å². The summed E-state index contributed by atoms with van der Waals surface area (Å²) in [5.74, 6) is 1.34. The average molecular weight is 926 g/mol. The van der Waals surface area contributed by atoms with Gasteiger partial charge >= 0.3 is 0 Å². The summed E-state index contributed by atoms with van der Waals surface area (Å²) in [5, 5.41) is 9.90. The maximum absolute atomic E-state index is 13.1. The molecule has 3 fully saturated rings. The van der Waals surface area contributed by atoms with E-state index in [-0.39, 0.29) is 24.1 Å². The molecule has 4 amide bonds. The number of unbranched alkanes of at least 4 members (excludes halogenated alkanes) is 2. The highest BCUT2D eigenvalue weighted by Gasteiger charge is 2.39. The van der Waals surface area contributed by atoms with E-state index in [1.165, 1.54) is 11.1 Å². The van der Waals surface area contributed by atoms with Crippen LogP contribution in [0.3, 0.4) is 0 Å². The number of nitrogens with one attached hydrogen (secondary N) is 3. The molecule has 18 heteroatoms. The van der Waals surface area contributed by atoms with Crippen LogP contribution in [0.2, 0.25) is 5.02 Å². The number of para-hydroxylation sites is 1. The normalized spacial score (nSPS) is 18.4. The minimum atomic E-state index is -2.56. The molecule has 0 bridgehead atoms. The number of hydrogen-bond donors (Lipinski definition) is 3. The van der Waals surface area contributed by atoms with Gasteiger partial charge in [-0.15, -0.1) is 0 Å². The number of hydrogen-bond acceptors (Lipinski definition) is 13. The molecule has 0 saturated carbocycles. The van der Waals surface area contributed by atoms with Gasteiger partial charge in [-0.05, 0) is 99.9 Å². The molecule has 65 heavy (non-hydrogen) atoms. The van der Waals surface area contributed by atoms with Crippen molar-refractivity contribution in [2.24, 2.45) is 0 Å². The molecule has 344 valence electrons. The van der Waals surface area contributed by atoms with Crippen molar-refractivity contribution < 1.29 is 33.2 Å². The molecule has 16 nitrogen and oxygen atoms in total. The third kappa shape index (κ3) is 10.9. The van der Waals surface area contributed by atoms with Crippen LogP contribution in [0, 0.1) is 0 Å². The number of fused-ring (bicyclic) bond motifs is 1. The molecule has 0 spiro atoms. The first kappa shape index (κ1) is 45.9. The monoisotopic (exact) mass is 925 g/mol. The van der Waals surface area contributed by atoms with Crippen LogP contribution in [-0.2, 0) is 25.5 Å². The fourth-order valence-electron chi connectivity index (χ4n) is 9.16. The van der Waals surface area contributed by atoms with Crippen LogP contribution in [0.5, 0.6) is 11.5 Å². The number of nitrogens with zero attached hydrogens (tertiary/aromatic N) is 6. The molecule has 1 unspecified atom stereocenters. The molecular weight excluding hydrogens is 869 g/mol. The van der Waals surface area contributed by atoms with Crippen LogP contribution < -0.4 is 35.6 Å². The van der Waals surface area contributed by atoms with Crippen LogP contribution in [0.15, 0.2) is 66.9 Å². The molecule has 4 aliphatic heterocycles. The second kappa shape index (κ2) is 20.2. The first-order valence-corrected chi connectivity index (χ1v) is 25.4. The van der Waals surface area contributed by atoms with E-state index < -0.39 is 19.1 Å². The summed E-state index contributed by atoms with van der Waals surface area (Å²) in [6, 6.07) is 18.7. The second-order valence-corrected chi connectivity index (χ2v) is 21.0. The lowest BCUT2D eigenvalue weighted by atomic mass is 10.0. The summed E-state index contributed by atoms with van der Waals surface area (Å²) in [5.41, 5.74) is 3.84. The zero-order chi connectivity index (χ0) is 45.7. The van der Waals surface area contributed by atoms with Gasteiger partial charge in [-0.25, -0.2) is 4.98 Å². The molecule has 3 aromatic carbocycles. The standard InChI is InChI=1S/C47H57ClN9O7P/c1-63-40-28-33(12-15-37(40)51-47-49-29-36(48)44(53-47)50-38-9-6-7-10-41(38)65(2,3)62)54-20-18-32(19-21-54)55-22-24-56(25-23-55)43(59)11-5-4-8-26-64-34-13-14-35-31(27-34)30-57(46(35)61)39-16-17-42(58)52-45(39)60/h6-7,9-10,12-15,27-29,32,39H,4-5,8,11,16-26,30H2,1-3H3,(H,52,58,60)(H2,49,50,51,53). The quantitative estimate of drug-likeness (QED) is 0.0641. The van der Waals surface area contributed by atoms with Gasteiger partial charge in [0.25, 0.3) is 5.91 Å². The predicted octanol–water partition coefficient (Wildman–Crippen LogP) is 6.39. The van der Waals surface area contributed by atoms with Crippen LogP contribution >= 0.6 is 18.7 Å². The number of anilines is 5. The molecule has 1 atom stereocenters. The Morgan fingerprint density at radius 1 is 0.908 bits per heavy atom. The number of aromatic nitrogens is 2. The minimum Gasteiger partial charge on any atom is -0.494 e. The maximum Gasteiger partial charge on any atom is 0.255 e. The zero-order valence-corrected chi connectivity index (χ0v) is 38.8. The van der Waals surface area contributed by atoms with E-state index in [4.69, 9.17) is 21.1 Å². The Hall–Kier alpha value is -5.70. The van der Waals surface area contributed by atoms with Gasteiger partial charge in [0.1, 0.15) is 29.7 Å². The number of rotatable bonds is 16. The fraction of sp³-hybridized carbons (Fsp3) is 0.447. The molecule has 4 aromatic rings. The van der Waals surface area contributed by atoms with E-state index in [0.29, 0.717) is 82.6 Å². The van der Waals surface area contributed by atoms with Crippen LogP contribution in [0.25, 0.3) is 0 Å². The van der Waals surface area contributed by atoms with Crippen molar-refractivity contribution in [3.63, 3.8) is 0 Å². The number of piperidine rings is 2. The first-order chi connectivity index (χ1) is 31.3. The summed E-state index contributed by atoms with van der Waals surface area (Å²) in [4.78, 5) is 67.5. The number of carbonyl (C=O) groups is 4. The molecule has 5 heterocycles. The number of amides is 4. The maximum atomic E-state index is 13.1. The predicted molar refractivity (Wildman–Crippen MR) is 252 cm³/mol. The van der Waals surface area contributed by atoms with Crippen molar-refractivity contribution in [2.75, 3.05) is 81.8 Å². The Balaban J connectivity index is 0.735. The average Bonchev–Trinajstić information content (AvgIpc) is 3.63. The summed E-state index contributed by atoms with van der Waals surface area (Å²) < 4.78 is 24.7. The van der Waals surface area contributed by atoms with Gasteiger partial charge in [0.2, 0.25) is 23.7 Å². The molecule has 0 radical (unpaired) electrons. The number of ether oxygens (including phenoxy) is 2. The molecule has 0 aliphatic carbocycles. The van der Waals surface area contributed by atoms with Gasteiger partial charge in [-0.2, -0.15) is 4.98 Å². The van der Waals surface area contributed by atoms with E-state index in [1.54, 1.807) is 32.6 Å². The van der Waals surface area contributed by atoms with E-state index in [9.17, 15) is 23.7 Å². The van der Waals surface area contributed by atoms with Crippen molar-refractivity contribution >= 4 is 76.5 Å². The Kier molecular flexibility index (Phi) is 14.3. The summed E-state index contributed by atoms with van der Waals surface area (Å²) in [7, 11) is -0.914. The van der Waals surface area contributed by atoms with Gasteiger partial charge < -0.3 is 39.4 Å². The minimum absolute atomic E-state index is 0.202. The van der Waals surface area contributed by atoms with Gasteiger partial charge in [-0.1, -0.05) is 23.7 Å². The molecular formula is C47H57ClN9O7P. The highest BCUT2D eigenvalue weighted by Crippen LogP contribution is 2.39. The second-order valence-electron chi connectivity index (χ2n) is 17.4. The Labute approximate surface area is 384 Å². The van der Waals surface area contributed by atoms with Crippen molar-refractivity contribution in [2.45, 2.75) is 70.0 Å². The lowest BCUT2D eigenvalue weighted by Gasteiger charge is -2.43. The van der Waals surface area contributed by atoms with Crippen LogP contribution in [0.1, 0.15) is 67.3 Å². The Bertz CT molecular complexity index is 2470. The highest BCUT2D eigenvalue weighted by atomic mass is 35.5. The van der Waals surface area contributed by atoms with Gasteiger partial charge in [0.15, 0.2) is 5.82 Å². The van der Waals surface area contributed by atoms with E-state index in [2.05, 4.69) is 41.8 Å². The van der Waals surface area contributed by atoms with Crippen molar-refractivity contribution in [1.82, 2.24) is 30.0 Å². The van der Waals surface area contributed by atoms with Gasteiger partial charge in [0, 0.05) is 87.3 Å². The summed E-state index contributed by atoms with van der Waals surface area (Å²) in [6.45, 7) is 9.36. The van der Waals surface area contributed by atoms with E-state index >= 15 is 0 Å². The topological polar surface area (TPSA) is 179 Å². The molecule has 1 aromatic heterocycles. The van der Waals surface area contributed by atoms with Crippen LogP contribution in [-0.4, -0.2) is 127 Å². The molecule has 4 aliphatic rings. The number of methoxy groups -OCH3 is 1. The Morgan fingerprint density at radius 2 is 1.69 bits per heavy atom. The highest BCUT2D eigenvalue weighted by molar-refractivity contribution is 7.70. The molecule has 8 rings (SSSR count). The number of carbonyl (C=O) groups excluding carboxylic acids is 4. The number of benzene rings is 3. The Morgan fingerprint density at radius 3 is 2.45 bits per heavy atom. The zero-order valence-electron chi connectivity index (χ0n) is 37.2. The van der Waals surface area contributed by atoms with E-state index in [0.717, 1.165) is 82.6 Å². The number of imide groups is 1. The van der Waals surface area contributed by atoms with Crippen molar-refractivity contribution in [3.05, 3.63) is 83.0 Å².